The molecule has 0 saturated carbocycles. The third kappa shape index (κ3) is 25.4. The Morgan fingerprint density at radius 1 is 0.593 bits per heavy atom. The summed E-state index contributed by atoms with van der Waals surface area (Å²) in [4.78, 5) is 35.4. The lowest BCUT2D eigenvalue weighted by Gasteiger charge is -2.24. The molecule has 2 rings (SSSR count). The Morgan fingerprint density at radius 2 is 1.00 bits per heavy atom. The van der Waals surface area contributed by atoms with E-state index in [0.29, 0.717) is 17.4 Å². The number of quaternary nitrogens is 1. The summed E-state index contributed by atoms with van der Waals surface area (Å²) in [5.74, 6) is -0.830. The fourth-order valence-electron chi connectivity index (χ4n) is 6.45. The molecule has 2 aliphatic rings. The molecular weight excluding hydrogens is 709 g/mol. The lowest BCUT2D eigenvalue weighted by molar-refractivity contribution is -0.870. The van der Waals surface area contributed by atoms with Gasteiger partial charge in [-0.15, -0.1) is 0 Å². The second-order valence-corrected chi connectivity index (χ2v) is 18.1. The number of hydrogen-bond acceptors (Lipinski definition) is 11. The standard InChI is InChI=1S/C40H76N5O8P/c1-6-8-28-39(41-42-39)30-24-20-16-12-10-14-18-22-26-37(46)50-34-36(35-52-54(48,49)51-33-32-45(3,4)5)53-38(47)27-23-19-15-11-13-17-21-25-31-40(43-44-40)29-9-7-2/h36H,6-35H2,1-5H3/p+1. The fraction of sp³-hybridized carbons (Fsp3) is 0.950. The number of phosphoric acid groups is 1. The van der Waals surface area contributed by atoms with Crippen LogP contribution in [0.5, 0.6) is 0 Å². The Morgan fingerprint density at radius 3 is 1.43 bits per heavy atom. The number of hydrogen-bond donors (Lipinski definition) is 1. The molecule has 0 spiro atoms. The summed E-state index contributed by atoms with van der Waals surface area (Å²) in [5, 5.41) is 17.2. The number of carbonyl (C=O) groups is 2. The van der Waals surface area contributed by atoms with Crippen molar-refractivity contribution in [3.8, 4) is 0 Å². The van der Waals surface area contributed by atoms with Crippen molar-refractivity contribution in [3.05, 3.63) is 0 Å². The number of ether oxygens (including phenoxy) is 2. The molecule has 0 saturated heterocycles. The van der Waals surface area contributed by atoms with E-state index < -0.39 is 26.5 Å². The van der Waals surface area contributed by atoms with Crippen molar-refractivity contribution in [1.82, 2.24) is 0 Å². The van der Waals surface area contributed by atoms with Crippen LogP contribution < -0.4 is 0 Å². The molecule has 14 heteroatoms. The maximum Gasteiger partial charge on any atom is 0.472 e. The summed E-state index contributed by atoms with van der Waals surface area (Å²) in [7, 11) is 1.45. The predicted octanol–water partition coefficient (Wildman–Crippen LogP) is 10.8. The second kappa shape index (κ2) is 27.0. The molecule has 0 bridgehead atoms. The lowest BCUT2D eigenvalue weighted by atomic mass is 9.98. The third-order valence-corrected chi connectivity index (χ3v) is 11.2. The van der Waals surface area contributed by atoms with Crippen LogP contribution in [0.15, 0.2) is 20.5 Å². The molecule has 54 heavy (non-hydrogen) atoms. The van der Waals surface area contributed by atoms with E-state index in [4.69, 9.17) is 18.5 Å². The van der Waals surface area contributed by atoms with Gasteiger partial charge in [-0.2, -0.15) is 20.5 Å². The maximum absolute atomic E-state index is 12.7. The first kappa shape index (κ1) is 48.4. The van der Waals surface area contributed by atoms with Gasteiger partial charge in [0, 0.05) is 12.8 Å². The van der Waals surface area contributed by atoms with Crippen LogP contribution in [0.2, 0.25) is 0 Å². The minimum absolute atomic E-state index is 0.0236. The molecule has 0 amide bonds. The third-order valence-electron chi connectivity index (χ3n) is 10.2. The number of carbonyl (C=O) groups excluding carboxylic acids is 2. The predicted molar refractivity (Wildman–Crippen MR) is 212 cm³/mol. The van der Waals surface area contributed by atoms with Crippen molar-refractivity contribution in [2.24, 2.45) is 20.5 Å². The van der Waals surface area contributed by atoms with Crippen LogP contribution in [0.1, 0.15) is 181 Å². The van der Waals surface area contributed by atoms with E-state index in [1.54, 1.807) is 0 Å². The van der Waals surface area contributed by atoms with Crippen molar-refractivity contribution < 1.29 is 42.1 Å². The Kier molecular flexibility index (Phi) is 24.1. The van der Waals surface area contributed by atoms with Gasteiger partial charge < -0.3 is 18.9 Å². The van der Waals surface area contributed by atoms with Gasteiger partial charge in [0.05, 0.1) is 27.7 Å². The summed E-state index contributed by atoms with van der Waals surface area (Å²) in [6.07, 6.45) is 25.8. The molecule has 0 aliphatic carbocycles. The molecule has 2 unspecified atom stereocenters. The maximum atomic E-state index is 12.7. The fourth-order valence-corrected chi connectivity index (χ4v) is 7.19. The summed E-state index contributed by atoms with van der Waals surface area (Å²) in [5.41, 5.74) is -0.0852. The molecule has 0 aromatic heterocycles. The minimum atomic E-state index is -4.38. The smallest absolute Gasteiger partial charge is 0.462 e. The highest BCUT2D eigenvalue weighted by atomic mass is 31.2. The monoisotopic (exact) mass is 787 g/mol. The van der Waals surface area contributed by atoms with E-state index in [-0.39, 0.29) is 43.4 Å². The van der Waals surface area contributed by atoms with Gasteiger partial charge in [0.15, 0.2) is 17.4 Å². The molecule has 2 aliphatic heterocycles. The normalized spacial score (nSPS) is 16.9. The Balaban J connectivity index is 1.59. The van der Waals surface area contributed by atoms with Crippen LogP contribution in [0.3, 0.4) is 0 Å². The second-order valence-electron chi connectivity index (χ2n) is 16.6. The summed E-state index contributed by atoms with van der Waals surface area (Å²) >= 11 is 0. The lowest BCUT2D eigenvalue weighted by Crippen LogP contribution is -2.37. The molecule has 0 aromatic carbocycles. The highest BCUT2D eigenvalue weighted by Crippen LogP contribution is 2.43. The molecule has 2 heterocycles. The molecular formula is C40H77N5O8P+. The average Bonchev–Trinajstić information content (AvgIpc) is 4.06. The highest BCUT2D eigenvalue weighted by Gasteiger charge is 2.38. The zero-order valence-corrected chi connectivity index (χ0v) is 35.7. The molecule has 0 aromatic rings. The number of rotatable bonds is 38. The Labute approximate surface area is 327 Å². The van der Waals surface area contributed by atoms with Gasteiger partial charge in [-0.25, -0.2) is 4.57 Å². The van der Waals surface area contributed by atoms with Gasteiger partial charge in [-0.1, -0.05) is 104 Å². The summed E-state index contributed by atoms with van der Waals surface area (Å²) in [6, 6.07) is 0. The van der Waals surface area contributed by atoms with Crippen LogP contribution in [0.25, 0.3) is 0 Å². The summed E-state index contributed by atoms with van der Waals surface area (Å²) in [6.45, 7) is 4.28. The molecule has 0 fully saturated rings. The topological polar surface area (TPSA) is 158 Å². The zero-order chi connectivity index (χ0) is 39.6. The summed E-state index contributed by atoms with van der Waals surface area (Å²) < 4.78 is 34.3. The van der Waals surface area contributed by atoms with Gasteiger partial charge in [0.2, 0.25) is 0 Å². The number of likely N-dealkylation sites (N-methyl/N-ethyl adjacent to an activating group) is 1. The van der Waals surface area contributed by atoms with Crippen LogP contribution in [-0.2, 0) is 32.7 Å². The van der Waals surface area contributed by atoms with E-state index in [0.717, 1.165) is 70.6 Å². The van der Waals surface area contributed by atoms with Crippen LogP contribution in [0, 0.1) is 0 Å². The van der Waals surface area contributed by atoms with E-state index in [1.165, 1.54) is 77.0 Å². The van der Waals surface area contributed by atoms with Crippen molar-refractivity contribution in [2.45, 2.75) is 198 Å². The van der Waals surface area contributed by atoms with Crippen LogP contribution >= 0.6 is 7.82 Å². The average molecular weight is 787 g/mol. The van der Waals surface area contributed by atoms with Crippen molar-refractivity contribution in [2.75, 3.05) is 47.5 Å². The van der Waals surface area contributed by atoms with E-state index in [1.807, 2.05) is 21.1 Å². The SMILES string of the molecule is CCCCC1(CCCCCCCCCCC(=O)OCC(COP(=O)(O)OCC[N+](C)(C)C)OC(=O)CCCCCCCCCCC2(CCCC)N=N2)N=N1. The highest BCUT2D eigenvalue weighted by molar-refractivity contribution is 7.47. The van der Waals surface area contributed by atoms with Crippen molar-refractivity contribution in [1.29, 1.82) is 0 Å². The van der Waals surface area contributed by atoms with E-state index >= 15 is 0 Å². The first-order valence-electron chi connectivity index (χ1n) is 21.5. The Hall–Kier alpha value is -1.79. The van der Waals surface area contributed by atoms with Gasteiger partial charge in [0.1, 0.15) is 19.8 Å². The van der Waals surface area contributed by atoms with Crippen LogP contribution in [-0.4, -0.2) is 86.3 Å². The Bertz CT molecular complexity index is 1140. The largest absolute Gasteiger partial charge is 0.472 e. The van der Waals surface area contributed by atoms with Crippen molar-refractivity contribution >= 4 is 19.8 Å². The molecule has 13 nitrogen and oxygen atoms in total. The first-order valence-corrected chi connectivity index (χ1v) is 23.0. The van der Waals surface area contributed by atoms with Gasteiger partial charge >= 0.3 is 19.8 Å². The zero-order valence-electron chi connectivity index (χ0n) is 34.8. The van der Waals surface area contributed by atoms with Crippen molar-refractivity contribution in [3.63, 3.8) is 0 Å². The first-order chi connectivity index (χ1) is 25.8. The quantitative estimate of drug-likeness (QED) is 0.0280. The van der Waals surface area contributed by atoms with Crippen LogP contribution in [0.4, 0.5) is 0 Å². The molecule has 0 radical (unpaired) electrons. The number of nitrogens with zero attached hydrogens (tertiary/aromatic N) is 5. The van der Waals surface area contributed by atoms with Gasteiger partial charge in [-0.05, 0) is 64.2 Å². The van der Waals surface area contributed by atoms with E-state index in [2.05, 4.69) is 34.3 Å². The molecule has 314 valence electrons. The van der Waals surface area contributed by atoms with E-state index in [9.17, 15) is 19.0 Å². The number of unbranched alkanes of at least 4 members (excludes halogenated alkanes) is 16. The molecule has 1 N–H and O–H groups in total. The number of esters is 2. The van der Waals surface area contributed by atoms with Gasteiger partial charge in [-0.3, -0.25) is 18.6 Å². The minimum Gasteiger partial charge on any atom is -0.462 e. The molecule has 2 atom stereocenters. The van der Waals surface area contributed by atoms with Gasteiger partial charge in [0.25, 0.3) is 0 Å². The number of phosphoric ester groups is 1.